The molecule has 0 fully saturated rings. The van der Waals surface area contributed by atoms with E-state index < -0.39 is 0 Å². The molecule has 0 aliphatic carbocycles. The number of carbonyl (C=O) groups excluding carboxylic acids is 1. The van der Waals surface area contributed by atoms with E-state index in [0.717, 1.165) is 5.69 Å². The van der Waals surface area contributed by atoms with E-state index in [9.17, 15) is 4.79 Å². The predicted molar refractivity (Wildman–Crippen MR) is 75.1 cm³/mol. The van der Waals surface area contributed by atoms with Gasteiger partial charge in [-0.15, -0.1) is 0 Å². The molecule has 2 N–H and O–H groups in total. The molecule has 1 amide bonds. The average molecular weight is 267 g/mol. The van der Waals surface area contributed by atoms with Gasteiger partial charge in [-0.1, -0.05) is 11.8 Å². The van der Waals surface area contributed by atoms with Crippen molar-refractivity contribution in [3.05, 3.63) is 53.6 Å². The second-order valence-electron chi connectivity index (χ2n) is 3.98. The average Bonchev–Trinajstić information content (AvgIpc) is 2.48. The summed E-state index contributed by atoms with van der Waals surface area (Å²) >= 11 is 0. The molecule has 0 spiro atoms. The van der Waals surface area contributed by atoms with Crippen LogP contribution in [-0.2, 0) is 0 Å². The Balaban J connectivity index is 2.12. The Morgan fingerprint density at radius 2 is 2.20 bits per heavy atom. The van der Waals surface area contributed by atoms with Crippen molar-refractivity contribution in [2.45, 2.75) is 6.92 Å². The largest absolute Gasteiger partial charge is 0.384 e. The van der Waals surface area contributed by atoms with Crippen molar-refractivity contribution < 1.29 is 9.90 Å². The molecular weight excluding hydrogens is 254 g/mol. The van der Waals surface area contributed by atoms with E-state index in [0.29, 0.717) is 16.9 Å². The molecule has 0 aromatic carbocycles. The number of nitrogens with zero attached hydrogens (tertiary/aromatic N) is 2. The van der Waals surface area contributed by atoms with Crippen LogP contribution in [0.3, 0.4) is 0 Å². The Kier molecular flexibility index (Phi) is 4.43. The first-order chi connectivity index (χ1) is 9.70. The minimum Gasteiger partial charge on any atom is -0.384 e. The molecule has 0 unspecified atom stereocenters. The number of anilines is 1. The zero-order valence-corrected chi connectivity index (χ0v) is 10.9. The van der Waals surface area contributed by atoms with E-state index in [1.807, 2.05) is 6.92 Å². The molecule has 0 saturated heterocycles. The van der Waals surface area contributed by atoms with Crippen LogP contribution in [0.25, 0.3) is 0 Å². The molecule has 2 aromatic rings. The summed E-state index contributed by atoms with van der Waals surface area (Å²) in [6.07, 6.45) is 3.16. The number of amides is 1. The van der Waals surface area contributed by atoms with Crippen LogP contribution >= 0.6 is 0 Å². The highest BCUT2D eigenvalue weighted by atomic mass is 16.2. The van der Waals surface area contributed by atoms with E-state index in [2.05, 4.69) is 27.1 Å². The number of aryl methyl sites for hydroxylation is 1. The number of nitrogens with one attached hydrogen (secondary N) is 1. The van der Waals surface area contributed by atoms with Gasteiger partial charge < -0.3 is 10.4 Å². The second-order valence-corrected chi connectivity index (χ2v) is 3.98. The highest BCUT2D eigenvalue weighted by Crippen LogP contribution is 2.11. The van der Waals surface area contributed by atoms with Crippen LogP contribution < -0.4 is 5.32 Å². The summed E-state index contributed by atoms with van der Waals surface area (Å²) in [5.74, 6) is 4.93. The summed E-state index contributed by atoms with van der Waals surface area (Å²) in [4.78, 5) is 20.2. The van der Waals surface area contributed by atoms with Crippen LogP contribution in [0.2, 0.25) is 0 Å². The van der Waals surface area contributed by atoms with Gasteiger partial charge in [-0.3, -0.25) is 9.78 Å². The Morgan fingerprint density at radius 1 is 1.35 bits per heavy atom. The van der Waals surface area contributed by atoms with E-state index >= 15 is 0 Å². The summed E-state index contributed by atoms with van der Waals surface area (Å²) < 4.78 is 0. The lowest BCUT2D eigenvalue weighted by atomic mass is 10.2. The fourth-order valence-corrected chi connectivity index (χ4v) is 1.55. The molecule has 0 aliphatic rings. The molecule has 20 heavy (non-hydrogen) atoms. The smallest absolute Gasteiger partial charge is 0.274 e. The molecule has 0 radical (unpaired) electrons. The summed E-state index contributed by atoms with van der Waals surface area (Å²) in [5.41, 5.74) is 2.34. The Bertz CT molecular complexity index is 670. The van der Waals surface area contributed by atoms with Gasteiger partial charge in [0.2, 0.25) is 0 Å². The molecule has 0 aliphatic heterocycles. The zero-order chi connectivity index (χ0) is 14.4. The molecule has 0 bridgehead atoms. The Morgan fingerprint density at radius 3 is 2.85 bits per heavy atom. The number of pyridine rings is 2. The minimum atomic E-state index is -0.303. The van der Waals surface area contributed by atoms with Gasteiger partial charge in [0.1, 0.15) is 12.3 Å². The maximum atomic E-state index is 12.0. The van der Waals surface area contributed by atoms with Gasteiger partial charge in [0, 0.05) is 18.0 Å². The van der Waals surface area contributed by atoms with Gasteiger partial charge in [0.15, 0.2) is 0 Å². The predicted octanol–water partition coefficient (Wildman–Crippen LogP) is 1.38. The summed E-state index contributed by atoms with van der Waals surface area (Å²) in [6, 6.07) is 6.80. The first-order valence-electron chi connectivity index (χ1n) is 5.99. The number of carbonyl (C=O) groups is 1. The molecule has 2 heterocycles. The maximum Gasteiger partial charge on any atom is 0.274 e. The summed E-state index contributed by atoms with van der Waals surface area (Å²) in [7, 11) is 0. The topological polar surface area (TPSA) is 75.1 Å². The third kappa shape index (κ3) is 3.40. The molecule has 2 aromatic heterocycles. The van der Waals surface area contributed by atoms with Crippen molar-refractivity contribution in [1.82, 2.24) is 9.97 Å². The number of rotatable bonds is 2. The first kappa shape index (κ1) is 13.7. The molecule has 0 saturated carbocycles. The minimum absolute atomic E-state index is 0.206. The normalized spacial score (nSPS) is 9.50. The standard InChI is InChI=1S/C15H13N3O2/c1-11-13(5-2-8-16-11)18-15(20)14-7-6-12(10-17-14)4-3-9-19/h2,5-8,10,19H,9H2,1H3,(H,18,20). The van der Waals surface area contributed by atoms with Crippen molar-refractivity contribution in [1.29, 1.82) is 0 Å². The number of aromatic nitrogens is 2. The van der Waals surface area contributed by atoms with Gasteiger partial charge in [0.25, 0.3) is 5.91 Å². The molecule has 0 atom stereocenters. The van der Waals surface area contributed by atoms with Crippen molar-refractivity contribution in [2.75, 3.05) is 11.9 Å². The molecule has 5 nitrogen and oxygen atoms in total. The van der Waals surface area contributed by atoms with Crippen LogP contribution in [0.4, 0.5) is 5.69 Å². The fourth-order valence-electron chi connectivity index (χ4n) is 1.55. The molecule has 2 rings (SSSR count). The fraction of sp³-hybridized carbons (Fsp3) is 0.133. The third-order valence-corrected chi connectivity index (χ3v) is 2.56. The lowest BCUT2D eigenvalue weighted by Crippen LogP contribution is -2.14. The van der Waals surface area contributed by atoms with Gasteiger partial charge in [-0.25, -0.2) is 4.98 Å². The number of hydrogen-bond donors (Lipinski definition) is 2. The summed E-state index contributed by atoms with van der Waals surface area (Å²) in [5, 5.41) is 11.3. The molecular formula is C15H13N3O2. The van der Waals surface area contributed by atoms with Crippen molar-refractivity contribution in [2.24, 2.45) is 0 Å². The Labute approximate surface area is 116 Å². The lowest BCUT2D eigenvalue weighted by Gasteiger charge is -2.06. The van der Waals surface area contributed by atoms with Crippen LogP contribution in [0.15, 0.2) is 36.7 Å². The van der Waals surface area contributed by atoms with Crippen LogP contribution in [-0.4, -0.2) is 27.6 Å². The van der Waals surface area contributed by atoms with Gasteiger partial charge >= 0.3 is 0 Å². The van der Waals surface area contributed by atoms with E-state index in [4.69, 9.17) is 5.11 Å². The van der Waals surface area contributed by atoms with Crippen molar-refractivity contribution in [3.63, 3.8) is 0 Å². The first-order valence-corrected chi connectivity index (χ1v) is 5.99. The highest BCUT2D eigenvalue weighted by Gasteiger charge is 2.08. The van der Waals surface area contributed by atoms with Crippen LogP contribution in [0.1, 0.15) is 21.7 Å². The van der Waals surface area contributed by atoms with Gasteiger partial charge in [-0.05, 0) is 31.2 Å². The lowest BCUT2D eigenvalue weighted by molar-refractivity contribution is 0.102. The SMILES string of the molecule is Cc1ncccc1NC(=O)c1ccc(C#CCO)cn1. The van der Waals surface area contributed by atoms with Crippen molar-refractivity contribution in [3.8, 4) is 11.8 Å². The second kappa shape index (κ2) is 6.45. The third-order valence-electron chi connectivity index (χ3n) is 2.56. The molecule has 5 heteroatoms. The van der Waals surface area contributed by atoms with E-state index in [-0.39, 0.29) is 12.5 Å². The number of aliphatic hydroxyl groups is 1. The summed E-state index contributed by atoms with van der Waals surface area (Å²) in [6.45, 7) is 1.61. The van der Waals surface area contributed by atoms with Crippen molar-refractivity contribution >= 4 is 11.6 Å². The number of hydrogen-bond acceptors (Lipinski definition) is 4. The van der Waals surface area contributed by atoms with E-state index in [1.54, 1.807) is 30.5 Å². The maximum absolute atomic E-state index is 12.0. The zero-order valence-electron chi connectivity index (χ0n) is 10.9. The van der Waals surface area contributed by atoms with Crippen LogP contribution in [0.5, 0.6) is 0 Å². The monoisotopic (exact) mass is 267 g/mol. The Hall–Kier alpha value is -2.71. The van der Waals surface area contributed by atoms with Gasteiger partial charge in [-0.2, -0.15) is 0 Å². The van der Waals surface area contributed by atoms with Gasteiger partial charge in [0.05, 0.1) is 11.4 Å². The quantitative estimate of drug-likeness (QED) is 0.806. The van der Waals surface area contributed by atoms with Crippen LogP contribution in [0, 0.1) is 18.8 Å². The van der Waals surface area contributed by atoms with E-state index in [1.165, 1.54) is 6.20 Å². The highest BCUT2D eigenvalue weighted by molar-refractivity contribution is 6.03. The number of aliphatic hydroxyl groups excluding tert-OH is 1. The molecule has 100 valence electrons.